The Labute approximate surface area is 222 Å². The van der Waals surface area contributed by atoms with Crippen molar-refractivity contribution in [3.05, 3.63) is 119 Å². The topological polar surface area (TPSA) is 85.2 Å². The minimum absolute atomic E-state index is 0.0295. The van der Waals surface area contributed by atoms with E-state index in [1.54, 1.807) is 20.8 Å². The predicted molar refractivity (Wildman–Crippen MR) is 145 cm³/mol. The Balaban J connectivity index is 1.79. The minimum atomic E-state index is -1.54. The van der Waals surface area contributed by atoms with Crippen molar-refractivity contribution in [1.82, 2.24) is 0 Å². The van der Waals surface area contributed by atoms with E-state index >= 15 is 0 Å². The summed E-state index contributed by atoms with van der Waals surface area (Å²) in [6.45, 7) is 7.28. The molecule has 3 aromatic rings. The van der Waals surface area contributed by atoms with Gasteiger partial charge in [-0.2, -0.15) is 0 Å². The van der Waals surface area contributed by atoms with Gasteiger partial charge in [0.15, 0.2) is 5.54 Å². The largest absolute Gasteiger partial charge is 0.512 e. The van der Waals surface area contributed by atoms with E-state index in [9.17, 15) is 14.7 Å². The number of aliphatic hydroxyl groups excluding tert-OH is 1. The number of aryl methyl sites for hydroxylation is 1. The number of nitrogens with zero attached hydrogens (tertiary/aromatic N) is 1. The SMILES string of the molecule is Cc1ccc(C2=N[C@]3(C(=O)O2)[C@@H](c2ccccc2)CC(O)=C(C(=O)OC(C)(C)C)[C@@H]3c2ccccc2)cc1. The summed E-state index contributed by atoms with van der Waals surface area (Å²) in [6, 6.07) is 26.3. The van der Waals surface area contributed by atoms with Crippen LogP contribution in [0.3, 0.4) is 0 Å². The van der Waals surface area contributed by atoms with Crippen LogP contribution < -0.4 is 0 Å². The number of aliphatic hydroxyl groups is 1. The van der Waals surface area contributed by atoms with Crippen molar-refractivity contribution in [2.24, 2.45) is 4.99 Å². The highest BCUT2D eigenvalue weighted by Crippen LogP contribution is 2.56. The number of hydrogen-bond donors (Lipinski definition) is 1. The van der Waals surface area contributed by atoms with E-state index in [2.05, 4.69) is 0 Å². The molecule has 1 heterocycles. The Morgan fingerprint density at radius 3 is 2.11 bits per heavy atom. The first kappa shape index (κ1) is 25.5. The van der Waals surface area contributed by atoms with Crippen LogP contribution in [0.25, 0.3) is 0 Å². The number of cyclic esters (lactones) is 1. The van der Waals surface area contributed by atoms with Crippen molar-refractivity contribution in [2.75, 3.05) is 0 Å². The van der Waals surface area contributed by atoms with E-state index in [-0.39, 0.29) is 23.7 Å². The summed E-state index contributed by atoms with van der Waals surface area (Å²) in [5, 5.41) is 11.4. The van der Waals surface area contributed by atoms with Gasteiger partial charge in [0.25, 0.3) is 0 Å². The van der Waals surface area contributed by atoms with Crippen LogP contribution in [0.4, 0.5) is 0 Å². The number of benzene rings is 3. The molecular formula is C32H31NO5. The number of aliphatic imine (C=N–C) groups is 1. The molecule has 1 aliphatic carbocycles. The molecule has 1 spiro atoms. The van der Waals surface area contributed by atoms with Gasteiger partial charge in [-0.15, -0.1) is 0 Å². The summed E-state index contributed by atoms with van der Waals surface area (Å²) in [5.41, 5.74) is 0.889. The molecule has 0 aromatic heterocycles. The second-order valence-corrected chi connectivity index (χ2v) is 10.9. The summed E-state index contributed by atoms with van der Waals surface area (Å²) in [5.74, 6) is -2.68. The summed E-state index contributed by atoms with van der Waals surface area (Å²) in [7, 11) is 0. The van der Waals surface area contributed by atoms with E-state index in [1.165, 1.54) is 0 Å². The van der Waals surface area contributed by atoms with Gasteiger partial charge < -0.3 is 14.6 Å². The molecule has 5 rings (SSSR count). The van der Waals surface area contributed by atoms with E-state index < -0.39 is 34.9 Å². The van der Waals surface area contributed by atoms with Gasteiger partial charge >= 0.3 is 11.9 Å². The molecule has 0 amide bonds. The second kappa shape index (κ2) is 9.60. The molecule has 1 N–H and O–H groups in total. The Morgan fingerprint density at radius 1 is 0.947 bits per heavy atom. The summed E-state index contributed by atoms with van der Waals surface area (Å²) < 4.78 is 11.6. The fourth-order valence-electron chi connectivity index (χ4n) is 5.37. The average molecular weight is 510 g/mol. The number of allylic oxidation sites excluding steroid dienone is 1. The van der Waals surface area contributed by atoms with Gasteiger partial charge in [-0.25, -0.2) is 14.6 Å². The van der Waals surface area contributed by atoms with E-state index in [4.69, 9.17) is 14.5 Å². The molecule has 0 saturated carbocycles. The summed E-state index contributed by atoms with van der Waals surface area (Å²) in [4.78, 5) is 32.8. The first-order valence-corrected chi connectivity index (χ1v) is 12.7. The van der Waals surface area contributed by atoms with Gasteiger partial charge in [0.1, 0.15) is 11.4 Å². The van der Waals surface area contributed by atoms with Gasteiger partial charge in [0, 0.05) is 17.9 Å². The maximum absolute atomic E-state index is 14.1. The normalized spacial score (nSPS) is 23.3. The van der Waals surface area contributed by atoms with E-state index in [0.717, 1.165) is 11.1 Å². The van der Waals surface area contributed by atoms with Crippen LogP contribution in [-0.4, -0.2) is 34.1 Å². The summed E-state index contributed by atoms with van der Waals surface area (Å²) in [6.07, 6.45) is 0.0295. The van der Waals surface area contributed by atoms with Gasteiger partial charge in [0.05, 0.1) is 11.5 Å². The number of carbonyl (C=O) groups is 2. The van der Waals surface area contributed by atoms with Crippen LogP contribution in [0.5, 0.6) is 0 Å². The van der Waals surface area contributed by atoms with Gasteiger partial charge in [-0.3, -0.25) is 0 Å². The molecule has 6 heteroatoms. The molecule has 1 aliphatic heterocycles. The van der Waals surface area contributed by atoms with Crippen molar-refractivity contribution in [3.63, 3.8) is 0 Å². The first-order chi connectivity index (χ1) is 18.1. The van der Waals surface area contributed by atoms with Crippen LogP contribution in [0.2, 0.25) is 0 Å². The number of esters is 2. The number of ether oxygens (including phenoxy) is 2. The van der Waals surface area contributed by atoms with Crippen LogP contribution in [0.1, 0.15) is 61.3 Å². The highest BCUT2D eigenvalue weighted by molar-refractivity contribution is 6.10. The van der Waals surface area contributed by atoms with Crippen LogP contribution >= 0.6 is 0 Å². The van der Waals surface area contributed by atoms with Crippen LogP contribution in [0.15, 0.2) is 101 Å². The van der Waals surface area contributed by atoms with Crippen molar-refractivity contribution in [2.45, 2.75) is 57.1 Å². The quantitative estimate of drug-likeness (QED) is 0.426. The summed E-state index contributed by atoms with van der Waals surface area (Å²) >= 11 is 0. The molecule has 3 aromatic carbocycles. The molecule has 0 saturated heterocycles. The lowest BCUT2D eigenvalue weighted by Gasteiger charge is -2.43. The highest BCUT2D eigenvalue weighted by Gasteiger charge is 2.63. The fraction of sp³-hybridized carbons (Fsp3) is 0.281. The Kier molecular flexibility index (Phi) is 6.43. The third-order valence-electron chi connectivity index (χ3n) is 7.02. The minimum Gasteiger partial charge on any atom is -0.512 e. The third kappa shape index (κ3) is 4.51. The molecule has 194 valence electrons. The second-order valence-electron chi connectivity index (χ2n) is 10.9. The van der Waals surface area contributed by atoms with Crippen LogP contribution in [0, 0.1) is 6.92 Å². The molecule has 2 aliphatic rings. The maximum atomic E-state index is 14.1. The van der Waals surface area contributed by atoms with Crippen LogP contribution in [-0.2, 0) is 19.1 Å². The zero-order valence-electron chi connectivity index (χ0n) is 22.0. The molecule has 0 radical (unpaired) electrons. The van der Waals surface area contributed by atoms with E-state index in [0.29, 0.717) is 11.1 Å². The molecule has 6 nitrogen and oxygen atoms in total. The van der Waals surface area contributed by atoms with Gasteiger partial charge in [-0.1, -0.05) is 78.4 Å². The Morgan fingerprint density at radius 2 is 1.53 bits per heavy atom. The zero-order chi connectivity index (χ0) is 27.1. The molecule has 0 fully saturated rings. The standard InChI is InChI=1S/C32H31NO5/c1-20-15-17-23(18-16-20)28-33-32(30(36)37-28)24(21-11-7-5-8-12-21)19-25(34)26(29(35)38-31(2,3)4)27(32)22-13-9-6-10-14-22/h5-18,24,27,34H,19H2,1-4H3/t24-,27+,32-/m1/s1. The number of hydrogen-bond acceptors (Lipinski definition) is 6. The first-order valence-electron chi connectivity index (χ1n) is 12.7. The van der Waals surface area contributed by atoms with E-state index in [1.807, 2.05) is 91.9 Å². The molecule has 38 heavy (non-hydrogen) atoms. The lowest BCUT2D eigenvalue weighted by molar-refractivity contribution is -0.151. The smallest absolute Gasteiger partial charge is 0.342 e. The Bertz CT molecular complexity index is 1420. The molecule has 3 atom stereocenters. The lowest BCUT2D eigenvalue weighted by atomic mass is 9.61. The van der Waals surface area contributed by atoms with Crippen molar-refractivity contribution in [3.8, 4) is 0 Å². The predicted octanol–water partition coefficient (Wildman–Crippen LogP) is 6.16. The molecule has 0 bridgehead atoms. The highest BCUT2D eigenvalue weighted by atomic mass is 16.6. The fourth-order valence-corrected chi connectivity index (χ4v) is 5.37. The molecule has 0 unspecified atom stereocenters. The van der Waals surface area contributed by atoms with Crippen molar-refractivity contribution in [1.29, 1.82) is 0 Å². The number of carbonyl (C=O) groups excluding carboxylic acids is 2. The zero-order valence-corrected chi connectivity index (χ0v) is 22.0. The lowest BCUT2D eigenvalue weighted by Crippen LogP contribution is -2.51. The maximum Gasteiger partial charge on any atom is 0.342 e. The average Bonchev–Trinajstić information content (AvgIpc) is 3.22. The number of rotatable bonds is 4. The van der Waals surface area contributed by atoms with Gasteiger partial charge in [0.2, 0.25) is 5.90 Å². The Hall–Kier alpha value is -4.19. The molecular weight excluding hydrogens is 478 g/mol. The van der Waals surface area contributed by atoms with Gasteiger partial charge in [-0.05, 0) is 51.0 Å². The monoisotopic (exact) mass is 509 g/mol. The third-order valence-corrected chi connectivity index (χ3v) is 7.02. The van der Waals surface area contributed by atoms with Crippen molar-refractivity contribution < 1.29 is 24.2 Å². The van der Waals surface area contributed by atoms with Crippen molar-refractivity contribution >= 4 is 17.8 Å².